The molecule has 0 heterocycles. The number of hydrogen-bond acceptors (Lipinski definition) is 2. The first kappa shape index (κ1) is 24.6. The van der Waals surface area contributed by atoms with E-state index in [1.807, 2.05) is 0 Å². The molecule has 0 saturated carbocycles. The van der Waals surface area contributed by atoms with Crippen molar-refractivity contribution in [2.45, 2.75) is 18.5 Å². The zero-order valence-electron chi connectivity index (χ0n) is 15.3. The van der Waals surface area contributed by atoms with Crippen LogP contribution >= 0.6 is 0 Å². The summed E-state index contributed by atoms with van der Waals surface area (Å²) in [6, 6.07) is 1.23. The summed E-state index contributed by atoms with van der Waals surface area (Å²) in [5.41, 5.74) is -3.02. The van der Waals surface area contributed by atoms with Crippen molar-refractivity contribution in [3.63, 3.8) is 0 Å². The Bertz CT molecular complexity index is 968. The molecule has 2 aromatic rings. The molecule has 4 amide bonds. The van der Waals surface area contributed by atoms with E-state index < -0.39 is 58.7 Å². The Morgan fingerprint density at radius 3 is 1.56 bits per heavy atom. The molecule has 0 unspecified atom stereocenters. The first-order chi connectivity index (χ1) is 14.6. The van der Waals surface area contributed by atoms with Gasteiger partial charge in [0.1, 0.15) is 0 Å². The number of nitrogens with one attached hydrogen (secondary N) is 4. The van der Waals surface area contributed by atoms with E-state index in [1.165, 1.54) is 6.07 Å². The molecule has 0 aliphatic rings. The average molecular weight is 474 g/mol. The SMILES string of the molecule is O=C(NNC(=O)Nc1ccccc1C(F)(F)F)Nc1cc(C(F)(F)F)cc(C(F)(F)F)c1. The van der Waals surface area contributed by atoms with E-state index in [-0.39, 0.29) is 18.2 Å². The quantitative estimate of drug-likeness (QED) is 0.338. The predicted octanol–water partition coefficient (Wildman–Crippen LogP) is 5.60. The summed E-state index contributed by atoms with van der Waals surface area (Å²) in [6.07, 6.45) is -15.1. The minimum absolute atomic E-state index is 0.160. The summed E-state index contributed by atoms with van der Waals surface area (Å²) < 4.78 is 115. The van der Waals surface area contributed by atoms with E-state index in [0.717, 1.165) is 12.1 Å². The lowest BCUT2D eigenvalue weighted by atomic mass is 10.1. The first-order valence-electron chi connectivity index (χ1n) is 8.17. The van der Waals surface area contributed by atoms with Crippen molar-refractivity contribution in [2.75, 3.05) is 10.6 Å². The Hall–Kier alpha value is -3.65. The van der Waals surface area contributed by atoms with Gasteiger partial charge in [0.25, 0.3) is 0 Å². The highest BCUT2D eigenvalue weighted by Crippen LogP contribution is 2.37. The van der Waals surface area contributed by atoms with Crippen LogP contribution in [0.1, 0.15) is 16.7 Å². The van der Waals surface area contributed by atoms with Crippen LogP contribution in [-0.2, 0) is 18.5 Å². The molecule has 32 heavy (non-hydrogen) atoms. The fraction of sp³-hybridized carbons (Fsp3) is 0.176. The highest BCUT2D eigenvalue weighted by atomic mass is 19.4. The van der Waals surface area contributed by atoms with Gasteiger partial charge in [-0.05, 0) is 30.3 Å². The molecule has 0 fully saturated rings. The number of carbonyl (C=O) groups is 2. The number of halogens is 9. The van der Waals surface area contributed by atoms with Gasteiger partial charge in [-0.3, -0.25) is 0 Å². The average Bonchev–Trinajstić information content (AvgIpc) is 2.64. The largest absolute Gasteiger partial charge is 0.418 e. The summed E-state index contributed by atoms with van der Waals surface area (Å²) in [6.45, 7) is 0. The number of urea groups is 2. The van der Waals surface area contributed by atoms with Gasteiger partial charge in [0.2, 0.25) is 0 Å². The molecule has 174 valence electrons. The molecule has 4 N–H and O–H groups in total. The molecule has 0 bridgehead atoms. The summed E-state index contributed by atoms with van der Waals surface area (Å²) in [5, 5.41) is 3.43. The number of para-hydroxylation sites is 1. The summed E-state index contributed by atoms with van der Waals surface area (Å²) in [7, 11) is 0. The fourth-order valence-electron chi connectivity index (χ4n) is 2.30. The van der Waals surface area contributed by atoms with Gasteiger partial charge in [-0.15, -0.1) is 0 Å². The van der Waals surface area contributed by atoms with E-state index >= 15 is 0 Å². The summed E-state index contributed by atoms with van der Waals surface area (Å²) in [4.78, 5) is 23.4. The molecule has 2 rings (SSSR count). The minimum atomic E-state index is -5.15. The Kier molecular flexibility index (Phi) is 6.80. The highest BCUT2D eigenvalue weighted by Gasteiger charge is 2.37. The van der Waals surface area contributed by atoms with Crippen LogP contribution in [0.2, 0.25) is 0 Å². The molecule has 0 aliphatic heterocycles. The number of anilines is 2. The van der Waals surface area contributed by atoms with Crippen molar-refractivity contribution < 1.29 is 49.1 Å². The second kappa shape index (κ2) is 8.84. The second-order valence-electron chi connectivity index (χ2n) is 6.00. The molecule has 0 radical (unpaired) electrons. The monoisotopic (exact) mass is 474 g/mol. The number of benzene rings is 2. The number of rotatable bonds is 2. The van der Waals surface area contributed by atoms with E-state index in [1.54, 1.807) is 21.5 Å². The molecule has 0 atom stereocenters. The Morgan fingerprint density at radius 2 is 1.09 bits per heavy atom. The number of hydrogen-bond donors (Lipinski definition) is 4. The lowest BCUT2D eigenvalue weighted by molar-refractivity contribution is -0.143. The van der Waals surface area contributed by atoms with E-state index in [4.69, 9.17) is 0 Å². The highest BCUT2D eigenvalue weighted by molar-refractivity contribution is 5.94. The van der Waals surface area contributed by atoms with E-state index in [0.29, 0.717) is 6.07 Å². The van der Waals surface area contributed by atoms with E-state index in [9.17, 15) is 49.1 Å². The van der Waals surface area contributed by atoms with Crippen molar-refractivity contribution in [3.8, 4) is 0 Å². The third kappa shape index (κ3) is 6.68. The van der Waals surface area contributed by atoms with Crippen LogP contribution in [-0.4, -0.2) is 12.1 Å². The van der Waals surface area contributed by atoms with Crippen LogP contribution in [0.3, 0.4) is 0 Å². The van der Waals surface area contributed by atoms with Gasteiger partial charge < -0.3 is 10.6 Å². The first-order valence-corrected chi connectivity index (χ1v) is 8.17. The smallest absolute Gasteiger partial charge is 0.307 e. The summed E-state index contributed by atoms with van der Waals surface area (Å²) in [5.74, 6) is 0. The molecular formula is C17H11F9N4O2. The molecule has 6 nitrogen and oxygen atoms in total. The topological polar surface area (TPSA) is 82.3 Å². The van der Waals surface area contributed by atoms with Crippen LogP contribution in [0.25, 0.3) is 0 Å². The lowest BCUT2D eigenvalue weighted by Gasteiger charge is -2.16. The molecule has 0 spiro atoms. The minimum Gasteiger partial charge on any atom is -0.307 e. The number of hydrazine groups is 1. The second-order valence-corrected chi connectivity index (χ2v) is 6.00. The van der Waals surface area contributed by atoms with Gasteiger partial charge in [0, 0.05) is 5.69 Å². The maximum Gasteiger partial charge on any atom is 0.418 e. The van der Waals surface area contributed by atoms with Gasteiger partial charge in [-0.2, -0.15) is 39.5 Å². The Balaban J connectivity index is 2.07. The van der Waals surface area contributed by atoms with Crippen LogP contribution in [0.15, 0.2) is 42.5 Å². The zero-order valence-corrected chi connectivity index (χ0v) is 15.3. The van der Waals surface area contributed by atoms with Gasteiger partial charge in [-0.25, -0.2) is 20.4 Å². The van der Waals surface area contributed by atoms with Crippen LogP contribution in [0.4, 0.5) is 60.5 Å². The predicted molar refractivity (Wildman–Crippen MR) is 92.2 cm³/mol. The molecule has 0 saturated heterocycles. The van der Waals surface area contributed by atoms with Gasteiger partial charge in [0.05, 0.1) is 22.4 Å². The molecule has 15 heteroatoms. The molecular weight excluding hydrogens is 463 g/mol. The Labute approximate surface area is 172 Å². The van der Waals surface area contributed by atoms with Gasteiger partial charge >= 0.3 is 30.6 Å². The molecule has 2 aromatic carbocycles. The van der Waals surface area contributed by atoms with Gasteiger partial charge in [0.15, 0.2) is 0 Å². The normalized spacial score (nSPS) is 12.2. The third-order valence-electron chi connectivity index (χ3n) is 3.62. The van der Waals surface area contributed by atoms with Crippen molar-refractivity contribution in [1.29, 1.82) is 0 Å². The fourth-order valence-corrected chi connectivity index (χ4v) is 2.30. The molecule has 0 aromatic heterocycles. The maximum absolute atomic E-state index is 12.9. The third-order valence-corrected chi connectivity index (χ3v) is 3.62. The van der Waals surface area contributed by atoms with Crippen LogP contribution < -0.4 is 21.5 Å². The van der Waals surface area contributed by atoms with Crippen molar-refractivity contribution in [2.24, 2.45) is 0 Å². The van der Waals surface area contributed by atoms with Crippen LogP contribution in [0.5, 0.6) is 0 Å². The lowest BCUT2D eigenvalue weighted by Crippen LogP contribution is -2.46. The zero-order chi connectivity index (χ0) is 24.3. The standard InChI is InChI=1S/C17H11F9N4O2/c18-15(19,20)8-5-9(16(21,22)23)7-10(6-8)27-13(31)29-30-14(32)28-12-4-2-1-3-11(12)17(24,25)26/h1-7H,(H2,27,29,31)(H2,28,30,32). The number of alkyl halides is 9. The maximum atomic E-state index is 12.9. The van der Waals surface area contributed by atoms with Crippen molar-refractivity contribution >= 4 is 23.4 Å². The van der Waals surface area contributed by atoms with Gasteiger partial charge in [-0.1, -0.05) is 12.1 Å². The van der Waals surface area contributed by atoms with Crippen LogP contribution in [0, 0.1) is 0 Å². The van der Waals surface area contributed by atoms with Crippen molar-refractivity contribution in [3.05, 3.63) is 59.2 Å². The van der Waals surface area contributed by atoms with E-state index in [2.05, 4.69) is 0 Å². The summed E-state index contributed by atoms with van der Waals surface area (Å²) >= 11 is 0. The number of amides is 4. The molecule has 0 aliphatic carbocycles. The van der Waals surface area contributed by atoms with Crippen molar-refractivity contribution in [1.82, 2.24) is 10.9 Å². The number of carbonyl (C=O) groups excluding carboxylic acids is 2. The Morgan fingerprint density at radius 1 is 0.625 bits per heavy atom.